The van der Waals surface area contributed by atoms with Gasteiger partial charge in [-0.15, -0.1) is 11.8 Å². The number of aromatic nitrogens is 1. The van der Waals surface area contributed by atoms with E-state index in [1.54, 1.807) is 18.8 Å². The molecule has 1 saturated heterocycles. The van der Waals surface area contributed by atoms with Gasteiger partial charge in [-0.05, 0) is 17.7 Å². The molecule has 1 aromatic heterocycles. The van der Waals surface area contributed by atoms with Crippen LogP contribution in [0.5, 0.6) is 0 Å². The zero-order valence-electron chi connectivity index (χ0n) is 15.8. The molecule has 25 heavy (non-hydrogen) atoms. The van der Waals surface area contributed by atoms with Gasteiger partial charge < -0.3 is 15.4 Å². The van der Waals surface area contributed by atoms with Crippen molar-refractivity contribution in [3.63, 3.8) is 0 Å². The summed E-state index contributed by atoms with van der Waals surface area (Å²) in [5.41, 5.74) is 1.21. The first-order valence-electron chi connectivity index (χ1n) is 8.85. The molecule has 140 valence electrons. The Morgan fingerprint density at radius 3 is 2.76 bits per heavy atom. The molecule has 0 bridgehead atoms. The van der Waals surface area contributed by atoms with Crippen LogP contribution in [0.3, 0.4) is 0 Å². The molecular formula is C18H31N5OS. The van der Waals surface area contributed by atoms with Gasteiger partial charge in [0.2, 0.25) is 0 Å². The Kier molecular flexibility index (Phi) is 7.99. The molecule has 0 aromatic carbocycles. The predicted octanol–water partition coefficient (Wildman–Crippen LogP) is 1.97. The van der Waals surface area contributed by atoms with E-state index in [0.29, 0.717) is 0 Å². The highest BCUT2D eigenvalue weighted by molar-refractivity contribution is 8.00. The smallest absolute Gasteiger partial charge is 0.191 e. The molecule has 0 atom stereocenters. The minimum Gasteiger partial charge on any atom is -0.379 e. The van der Waals surface area contributed by atoms with E-state index in [-0.39, 0.29) is 4.75 Å². The lowest BCUT2D eigenvalue weighted by atomic mass is 10.2. The van der Waals surface area contributed by atoms with Crippen molar-refractivity contribution in [1.82, 2.24) is 20.5 Å². The highest BCUT2D eigenvalue weighted by Crippen LogP contribution is 2.30. The fourth-order valence-electron chi connectivity index (χ4n) is 2.49. The van der Waals surface area contributed by atoms with Crippen molar-refractivity contribution in [3.05, 3.63) is 23.9 Å². The van der Waals surface area contributed by atoms with Crippen LogP contribution in [-0.2, 0) is 11.3 Å². The number of thioether (sulfide) groups is 1. The molecule has 0 spiro atoms. The first-order valence-corrected chi connectivity index (χ1v) is 9.66. The van der Waals surface area contributed by atoms with Crippen LogP contribution in [0.1, 0.15) is 26.3 Å². The van der Waals surface area contributed by atoms with Crippen LogP contribution in [0.2, 0.25) is 0 Å². The first-order chi connectivity index (χ1) is 12.0. The Balaban J connectivity index is 1.75. The van der Waals surface area contributed by atoms with E-state index in [4.69, 9.17) is 4.74 Å². The Bertz CT molecular complexity index is 553. The zero-order valence-corrected chi connectivity index (χ0v) is 16.7. The van der Waals surface area contributed by atoms with Crippen molar-refractivity contribution in [3.8, 4) is 0 Å². The molecule has 0 amide bonds. The van der Waals surface area contributed by atoms with Crippen molar-refractivity contribution in [1.29, 1.82) is 0 Å². The maximum atomic E-state index is 5.37. The second-order valence-corrected chi connectivity index (χ2v) is 8.87. The summed E-state index contributed by atoms with van der Waals surface area (Å²) >= 11 is 1.78. The molecule has 1 aromatic rings. The minimum atomic E-state index is 0.163. The molecule has 1 aliphatic heterocycles. The number of pyridine rings is 1. The van der Waals surface area contributed by atoms with Gasteiger partial charge in [-0.1, -0.05) is 20.8 Å². The second kappa shape index (κ2) is 9.99. The number of rotatable bonds is 6. The summed E-state index contributed by atoms with van der Waals surface area (Å²) in [7, 11) is 1.80. The van der Waals surface area contributed by atoms with E-state index >= 15 is 0 Å². The molecule has 0 saturated carbocycles. The average Bonchev–Trinajstić information content (AvgIpc) is 2.57. The van der Waals surface area contributed by atoms with Crippen LogP contribution in [0, 0.1) is 0 Å². The van der Waals surface area contributed by atoms with Gasteiger partial charge in [0.05, 0.1) is 18.2 Å². The van der Waals surface area contributed by atoms with E-state index in [0.717, 1.165) is 56.9 Å². The van der Waals surface area contributed by atoms with Gasteiger partial charge in [0.15, 0.2) is 5.96 Å². The molecule has 2 rings (SSSR count). The molecule has 1 fully saturated rings. The fraction of sp³-hybridized carbons (Fsp3) is 0.667. The minimum absolute atomic E-state index is 0.163. The molecule has 7 heteroatoms. The predicted molar refractivity (Wildman–Crippen MR) is 105 cm³/mol. The van der Waals surface area contributed by atoms with Gasteiger partial charge in [0, 0.05) is 50.7 Å². The van der Waals surface area contributed by atoms with Crippen LogP contribution in [0.4, 0.5) is 0 Å². The molecule has 0 unspecified atom stereocenters. The molecule has 6 nitrogen and oxygen atoms in total. The number of nitrogens with zero attached hydrogens (tertiary/aromatic N) is 3. The molecule has 1 aliphatic rings. The van der Waals surface area contributed by atoms with Gasteiger partial charge in [-0.25, -0.2) is 4.98 Å². The normalized spacial score (nSPS) is 16.7. The number of guanidine groups is 1. The van der Waals surface area contributed by atoms with Gasteiger partial charge in [-0.2, -0.15) is 0 Å². The van der Waals surface area contributed by atoms with Gasteiger partial charge in [0.25, 0.3) is 0 Å². The highest BCUT2D eigenvalue weighted by atomic mass is 32.2. The maximum absolute atomic E-state index is 5.37. The summed E-state index contributed by atoms with van der Waals surface area (Å²) in [4.78, 5) is 11.2. The fourth-order valence-corrected chi connectivity index (χ4v) is 3.44. The third-order valence-corrected chi connectivity index (χ3v) is 4.76. The third kappa shape index (κ3) is 8.07. The molecule has 0 aliphatic carbocycles. The monoisotopic (exact) mass is 365 g/mol. The average molecular weight is 366 g/mol. The summed E-state index contributed by atoms with van der Waals surface area (Å²) in [5, 5.41) is 7.81. The van der Waals surface area contributed by atoms with Crippen LogP contribution >= 0.6 is 11.8 Å². The maximum Gasteiger partial charge on any atom is 0.191 e. The number of hydrogen-bond acceptors (Lipinski definition) is 5. The SMILES string of the molecule is CN=C(NCCN1CCOCC1)NCc1ccnc(SC(C)(C)C)c1. The number of hydrogen-bond donors (Lipinski definition) is 2. The van der Waals surface area contributed by atoms with Crippen molar-refractivity contribution in [2.45, 2.75) is 37.1 Å². The largest absolute Gasteiger partial charge is 0.379 e. The lowest BCUT2D eigenvalue weighted by Gasteiger charge is -2.26. The van der Waals surface area contributed by atoms with Crippen LogP contribution in [-0.4, -0.2) is 67.0 Å². The van der Waals surface area contributed by atoms with E-state index in [1.165, 1.54) is 5.56 Å². The van der Waals surface area contributed by atoms with Crippen molar-refractivity contribution in [2.24, 2.45) is 4.99 Å². The summed E-state index contributed by atoms with van der Waals surface area (Å²) in [6.45, 7) is 12.9. The number of morpholine rings is 1. The molecule has 0 radical (unpaired) electrons. The summed E-state index contributed by atoms with van der Waals surface area (Å²) in [6.07, 6.45) is 1.87. The second-order valence-electron chi connectivity index (χ2n) is 7.02. The first kappa shape index (κ1) is 20.0. The Morgan fingerprint density at radius 1 is 1.32 bits per heavy atom. The Hall–Kier alpha value is -1.31. The van der Waals surface area contributed by atoms with Crippen molar-refractivity contribution < 1.29 is 4.74 Å². The van der Waals surface area contributed by atoms with E-state index in [9.17, 15) is 0 Å². The van der Waals surface area contributed by atoms with Gasteiger partial charge in [0.1, 0.15) is 0 Å². The zero-order chi connectivity index (χ0) is 18.1. The summed E-state index contributed by atoms with van der Waals surface area (Å²) in [5.74, 6) is 0.829. The molecule has 2 heterocycles. The van der Waals surface area contributed by atoms with Crippen LogP contribution in [0.25, 0.3) is 0 Å². The van der Waals surface area contributed by atoms with Crippen LogP contribution < -0.4 is 10.6 Å². The summed E-state index contributed by atoms with van der Waals surface area (Å²) < 4.78 is 5.53. The van der Waals surface area contributed by atoms with E-state index in [1.807, 2.05) is 12.3 Å². The quantitative estimate of drug-likeness (QED) is 0.457. The lowest BCUT2D eigenvalue weighted by molar-refractivity contribution is 0.0389. The topological polar surface area (TPSA) is 61.8 Å². The number of nitrogens with one attached hydrogen (secondary N) is 2. The number of aliphatic imine (C=N–C) groups is 1. The van der Waals surface area contributed by atoms with Gasteiger partial charge >= 0.3 is 0 Å². The highest BCUT2D eigenvalue weighted by Gasteiger charge is 2.13. The third-order valence-electron chi connectivity index (χ3n) is 3.72. The molecule has 2 N–H and O–H groups in total. The Labute approximate surface area is 155 Å². The van der Waals surface area contributed by atoms with Gasteiger partial charge in [-0.3, -0.25) is 9.89 Å². The standard InChI is InChI=1S/C18H31N5OS/c1-18(2,3)25-16-13-15(5-6-20-16)14-22-17(19-4)21-7-8-23-9-11-24-12-10-23/h5-6,13H,7-12,14H2,1-4H3,(H2,19,21,22). The van der Waals surface area contributed by atoms with E-state index < -0.39 is 0 Å². The molecular weight excluding hydrogens is 334 g/mol. The number of ether oxygens (including phenoxy) is 1. The van der Waals surface area contributed by atoms with Crippen molar-refractivity contribution in [2.75, 3.05) is 46.4 Å². The van der Waals surface area contributed by atoms with Crippen molar-refractivity contribution >= 4 is 17.7 Å². The van der Waals surface area contributed by atoms with E-state index in [2.05, 4.69) is 52.3 Å². The van der Waals surface area contributed by atoms with Crippen LogP contribution in [0.15, 0.2) is 28.3 Å². The summed E-state index contributed by atoms with van der Waals surface area (Å²) in [6, 6.07) is 4.19. The Morgan fingerprint density at radius 2 is 2.08 bits per heavy atom. The lowest BCUT2D eigenvalue weighted by Crippen LogP contribution is -2.44.